The van der Waals surface area contributed by atoms with Crippen molar-refractivity contribution in [3.8, 4) is 17.2 Å². The number of phenolic OH excluding ortho intramolecular Hbond substituents is 2. The molecule has 0 saturated heterocycles. The third-order valence-electron chi connectivity index (χ3n) is 4.69. The van der Waals surface area contributed by atoms with Gasteiger partial charge in [-0.05, 0) is 72.2 Å². The average molecular weight is 417 g/mol. The van der Waals surface area contributed by atoms with Gasteiger partial charge in [0.1, 0.15) is 5.75 Å². The number of hydrogen-bond donors (Lipinski definition) is 3. The Morgan fingerprint density at radius 3 is 2.29 bits per heavy atom. The zero-order valence-corrected chi connectivity index (χ0v) is 17.0. The third-order valence-corrected chi connectivity index (χ3v) is 4.69. The number of carbonyl (C=O) groups is 2. The van der Waals surface area contributed by atoms with E-state index in [0.717, 1.165) is 5.56 Å². The number of amides is 1. The Morgan fingerprint density at radius 1 is 0.935 bits per heavy atom. The van der Waals surface area contributed by atoms with Crippen molar-refractivity contribution in [2.45, 2.75) is 12.8 Å². The molecule has 0 aliphatic carbocycles. The molecule has 6 heteroatoms. The number of carbonyl (C=O) groups excluding carboxylic acids is 2. The van der Waals surface area contributed by atoms with Gasteiger partial charge >= 0.3 is 0 Å². The molecule has 0 aromatic heterocycles. The fourth-order valence-corrected chi connectivity index (χ4v) is 2.88. The van der Waals surface area contributed by atoms with Crippen molar-refractivity contribution in [2.24, 2.45) is 0 Å². The number of ketones is 1. The summed E-state index contributed by atoms with van der Waals surface area (Å²) in [7, 11) is 1.57. The van der Waals surface area contributed by atoms with E-state index in [1.165, 1.54) is 18.2 Å². The van der Waals surface area contributed by atoms with Crippen LogP contribution in [0, 0.1) is 0 Å². The number of anilines is 1. The van der Waals surface area contributed by atoms with Crippen LogP contribution in [0.2, 0.25) is 0 Å². The Labute approximate surface area is 180 Å². The van der Waals surface area contributed by atoms with E-state index >= 15 is 0 Å². The summed E-state index contributed by atoms with van der Waals surface area (Å²) >= 11 is 0. The van der Waals surface area contributed by atoms with Gasteiger partial charge in [-0.25, -0.2) is 0 Å². The molecule has 0 unspecified atom stereocenters. The first-order valence-corrected chi connectivity index (χ1v) is 9.72. The van der Waals surface area contributed by atoms with Crippen molar-refractivity contribution in [1.29, 1.82) is 0 Å². The van der Waals surface area contributed by atoms with E-state index in [9.17, 15) is 19.8 Å². The molecule has 31 heavy (non-hydrogen) atoms. The highest BCUT2D eigenvalue weighted by Crippen LogP contribution is 2.25. The number of rotatable bonds is 8. The minimum atomic E-state index is -0.228. The summed E-state index contributed by atoms with van der Waals surface area (Å²) in [4.78, 5) is 24.4. The molecular weight excluding hydrogens is 394 g/mol. The van der Waals surface area contributed by atoms with Crippen LogP contribution in [0.5, 0.6) is 17.2 Å². The molecule has 3 aromatic carbocycles. The fourth-order valence-electron chi connectivity index (χ4n) is 2.88. The lowest BCUT2D eigenvalue weighted by Gasteiger charge is -2.07. The summed E-state index contributed by atoms with van der Waals surface area (Å²) in [5.41, 5.74) is 2.80. The maximum Gasteiger partial charge on any atom is 0.255 e. The molecule has 0 fully saturated rings. The summed E-state index contributed by atoms with van der Waals surface area (Å²) in [5.74, 6) is -0.00664. The zero-order valence-electron chi connectivity index (χ0n) is 17.0. The van der Waals surface area contributed by atoms with Crippen molar-refractivity contribution in [3.63, 3.8) is 0 Å². The Balaban J connectivity index is 1.50. The number of aromatic hydroxyl groups is 2. The van der Waals surface area contributed by atoms with E-state index < -0.39 is 0 Å². The molecule has 1 amide bonds. The smallest absolute Gasteiger partial charge is 0.255 e. The molecule has 6 nitrogen and oxygen atoms in total. The van der Waals surface area contributed by atoms with Crippen LogP contribution >= 0.6 is 0 Å². The Kier molecular flexibility index (Phi) is 7.06. The maximum atomic E-state index is 12.3. The molecule has 3 aromatic rings. The third kappa shape index (κ3) is 6.21. The van der Waals surface area contributed by atoms with E-state index in [4.69, 9.17) is 4.74 Å². The lowest BCUT2D eigenvalue weighted by Crippen LogP contribution is -2.11. The standard InChI is InChI=1S/C25H23NO5/c1-31-22-13-7-19(8-14-22)25(30)26-20-9-2-17(3-10-20)4-11-21(27)12-5-18-6-15-23(28)24(29)16-18/h2-3,5-10,12-16,28-29H,4,11H2,1H3,(H,26,30)/b12-5+. The van der Waals surface area contributed by atoms with Gasteiger partial charge in [0.05, 0.1) is 7.11 Å². The number of aryl methyl sites for hydroxylation is 1. The number of benzene rings is 3. The number of nitrogens with one attached hydrogen (secondary N) is 1. The van der Waals surface area contributed by atoms with Crippen LogP contribution in [0.25, 0.3) is 6.08 Å². The number of phenols is 2. The lowest BCUT2D eigenvalue weighted by atomic mass is 10.1. The topological polar surface area (TPSA) is 95.9 Å². The first-order valence-electron chi connectivity index (χ1n) is 9.72. The molecule has 3 rings (SSSR count). The highest BCUT2D eigenvalue weighted by atomic mass is 16.5. The first kappa shape index (κ1) is 21.6. The number of methoxy groups -OCH3 is 1. The largest absolute Gasteiger partial charge is 0.504 e. The number of ether oxygens (including phenoxy) is 1. The quantitative estimate of drug-likeness (QED) is 0.368. The summed E-state index contributed by atoms with van der Waals surface area (Å²) in [6.07, 6.45) is 3.95. The Hall–Kier alpha value is -4.06. The highest BCUT2D eigenvalue weighted by Gasteiger charge is 2.07. The zero-order chi connectivity index (χ0) is 22.2. The summed E-state index contributed by atoms with van der Waals surface area (Å²) in [5, 5.41) is 21.6. The van der Waals surface area contributed by atoms with Gasteiger partial charge in [0.2, 0.25) is 0 Å². The molecule has 0 aliphatic rings. The Morgan fingerprint density at radius 2 is 1.65 bits per heavy atom. The maximum absolute atomic E-state index is 12.3. The molecule has 0 heterocycles. The second kappa shape index (κ2) is 10.1. The van der Waals surface area contributed by atoms with E-state index in [-0.39, 0.29) is 23.2 Å². The van der Waals surface area contributed by atoms with E-state index in [2.05, 4.69) is 5.32 Å². The van der Waals surface area contributed by atoms with Crippen LogP contribution in [0.4, 0.5) is 5.69 Å². The van der Waals surface area contributed by atoms with Gasteiger partial charge in [0, 0.05) is 17.7 Å². The van der Waals surface area contributed by atoms with Crippen LogP contribution in [0.15, 0.2) is 72.8 Å². The monoisotopic (exact) mass is 417 g/mol. The van der Waals surface area contributed by atoms with Crippen LogP contribution in [-0.4, -0.2) is 29.0 Å². The van der Waals surface area contributed by atoms with Gasteiger partial charge < -0.3 is 20.3 Å². The van der Waals surface area contributed by atoms with Crippen molar-refractivity contribution >= 4 is 23.5 Å². The molecular formula is C25H23NO5. The van der Waals surface area contributed by atoms with Gasteiger partial charge in [0.25, 0.3) is 5.91 Å². The van der Waals surface area contributed by atoms with E-state index in [1.54, 1.807) is 55.7 Å². The van der Waals surface area contributed by atoms with Gasteiger partial charge in [-0.2, -0.15) is 0 Å². The van der Waals surface area contributed by atoms with Gasteiger partial charge in [-0.1, -0.05) is 24.3 Å². The molecule has 0 atom stereocenters. The summed E-state index contributed by atoms with van der Waals surface area (Å²) < 4.78 is 5.09. The van der Waals surface area contributed by atoms with Crippen molar-refractivity contribution in [1.82, 2.24) is 0 Å². The van der Waals surface area contributed by atoms with Gasteiger partial charge in [-0.3, -0.25) is 9.59 Å². The second-order valence-corrected chi connectivity index (χ2v) is 6.93. The molecule has 0 radical (unpaired) electrons. The van der Waals surface area contributed by atoms with Crippen LogP contribution in [0.1, 0.15) is 27.9 Å². The molecule has 0 spiro atoms. The van der Waals surface area contributed by atoms with Crippen molar-refractivity contribution in [3.05, 3.63) is 89.5 Å². The van der Waals surface area contributed by atoms with Gasteiger partial charge in [-0.15, -0.1) is 0 Å². The number of allylic oxidation sites excluding steroid dienone is 1. The lowest BCUT2D eigenvalue weighted by molar-refractivity contribution is -0.114. The minimum absolute atomic E-state index is 0.0514. The second-order valence-electron chi connectivity index (χ2n) is 6.93. The molecule has 3 N–H and O–H groups in total. The summed E-state index contributed by atoms with van der Waals surface area (Å²) in [6.45, 7) is 0. The predicted octanol–water partition coefficient (Wildman–Crippen LogP) is 4.57. The van der Waals surface area contributed by atoms with Crippen molar-refractivity contribution in [2.75, 3.05) is 12.4 Å². The molecule has 0 saturated carbocycles. The van der Waals surface area contributed by atoms with Crippen LogP contribution < -0.4 is 10.1 Å². The molecule has 158 valence electrons. The Bertz CT molecular complexity index is 1090. The highest BCUT2D eigenvalue weighted by molar-refractivity contribution is 6.04. The minimum Gasteiger partial charge on any atom is -0.504 e. The molecule has 0 aliphatic heterocycles. The fraction of sp³-hybridized carbons (Fsp3) is 0.120. The van der Waals surface area contributed by atoms with Crippen molar-refractivity contribution < 1.29 is 24.5 Å². The van der Waals surface area contributed by atoms with Crippen LogP contribution in [-0.2, 0) is 11.2 Å². The molecule has 0 bridgehead atoms. The van der Waals surface area contributed by atoms with Gasteiger partial charge in [0.15, 0.2) is 17.3 Å². The average Bonchev–Trinajstić information content (AvgIpc) is 2.79. The van der Waals surface area contributed by atoms with E-state index in [0.29, 0.717) is 35.4 Å². The van der Waals surface area contributed by atoms with Crippen LogP contribution in [0.3, 0.4) is 0 Å². The predicted molar refractivity (Wildman–Crippen MR) is 120 cm³/mol. The SMILES string of the molecule is COc1ccc(C(=O)Nc2ccc(CCC(=O)/C=C/c3ccc(O)c(O)c3)cc2)cc1. The normalized spacial score (nSPS) is 10.7. The van der Waals surface area contributed by atoms with E-state index in [1.807, 2.05) is 12.1 Å². The summed E-state index contributed by atoms with van der Waals surface area (Å²) in [6, 6.07) is 18.6. The number of hydrogen-bond acceptors (Lipinski definition) is 5. The first-order chi connectivity index (χ1) is 14.9.